The second-order valence-electron chi connectivity index (χ2n) is 8.41. The van der Waals surface area contributed by atoms with E-state index in [1.54, 1.807) is 19.1 Å². The van der Waals surface area contributed by atoms with Gasteiger partial charge in [-0.2, -0.15) is 9.78 Å². The van der Waals surface area contributed by atoms with Crippen LogP contribution in [0.2, 0.25) is 0 Å². The number of nitrogens with two attached hydrogens (primary N) is 1. The van der Waals surface area contributed by atoms with E-state index < -0.39 is 5.91 Å². The number of hydrogen-bond donors (Lipinski definition) is 2. The molecule has 0 bridgehead atoms. The van der Waals surface area contributed by atoms with Crippen LogP contribution in [0.15, 0.2) is 58.3 Å². The highest BCUT2D eigenvalue weighted by molar-refractivity contribution is 6.13. The zero-order valence-corrected chi connectivity index (χ0v) is 19.6. The lowest BCUT2D eigenvalue weighted by Gasteiger charge is -2.28. The summed E-state index contributed by atoms with van der Waals surface area (Å²) < 4.78 is 19.4. The van der Waals surface area contributed by atoms with Crippen molar-refractivity contribution in [2.24, 2.45) is 5.10 Å². The van der Waals surface area contributed by atoms with Gasteiger partial charge in [0.1, 0.15) is 5.82 Å². The lowest BCUT2D eigenvalue weighted by molar-refractivity contribution is 0.0949. The van der Waals surface area contributed by atoms with Crippen LogP contribution in [0.3, 0.4) is 0 Å². The maximum atomic E-state index is 13.6. The fraction of sp³-hybridized carbons (Fsp3) is 0.250. The molecule has 5 rings (SSSR count). The van der Waals surface area contributed by atoms with Gasteiger partial charge in [-0.25, -0.2) is 14.4 Å². The molecule has 2 aromatic carbocycles. The summed E-state index contributed by atoms with van der Waals surface area (Å²) in [7, 11) is 0. The van der Waals surface area contributed by atoms with E-state index in [2.05, 4.69) is 40.7 Å². The summed E-state index contributed by atoms with van der Waals surface area (Å²) in [6.07, 6.45) is 3.62. The molecule has 184 valence electrons. The number of nitrogens with one attached hydrogen (secondary N) is 1. The highest BCUT2D eigenvalue weighted by Crippen LogP contribution is 2.22. The molecule has 1 saturated heterocycles. The predicted octanol–water partition coefficient (Wildman–Crippen LogP) is 2.85. The number of benzene rings is 2. The standard InChI is InChI=1S/C24H24FN9O2/c1-15-20(28-32-34(15)23-22(26)30-36-31-23)24(35)29-27-21(16-5-9-18(25)10-6-16)17-7-11-19(12-8-17)33-13-3-2-4-14-33/h5-12H,2-4,13-14H2,1H3,(H2,26,30)(H,29,35). The Bertz CT molecular complexity index is 1390. The Morgan fingerprint density at radius 1 is 1.03 bits per heavy atom. The van der Waals surface area contributed by atoms with Gasteiger partial charge >= 0.3 is 0 Å². The summed E-state index contributed by atoms with van der Waals surface area (Å²) >= 11 is 0. The van der Waals surface area contributed by atoms with Crippen LogP contribution in [0.5, 0.6) is 0 Å². The van der Waals surface area contributed by atoms with E-state index in [1.165, 1.54) is 36.1 Å². The summed E-state index contributed by atoms with van der Waals surface area (Å²) in [6.45, 7) is 3.70. The molecule has 4 aromatic rings. The first-order chi connectivity index (χ1) is 17.5. The Balaban J connectivity index is 1.42. The number of aromatic nitrogens is 5. The van der Waals surface area contributed by atoms with E-state index in [1.807, 2.05) is 24.3 Å². The first-order valence-electron chi connectivity index (χ1n) is 11.5. The molecule has 11 nitrogen and oxygen atoms in total. The molecule has 0 spiro atoms. The van der Waals surface area contributed by atoms with Crippen molar-refractivity contribution in [3.63, 3.8) is 0 Å². The molecule has 1 amide bonds. The monoisotopic (exact) mass is 489 g/mol. The van der Waals surface area contributed by atoms with Crippen LogP contribution in [0.4, 0.5) is 15.9 Å². The molecule has 1 aliphatic heterocycles. The Kier molecular flexibility index (Phi) is 6.39. The van der Waals surface area contributed by atoms with Gasteiger partial charge in [0.15, 0.2) is 5.69 Å². The zero-order valence-electron chi connectivity index (χ0n) is 19.6. The number of nitrogens with zero attached hydrogens (tertiary/aromatic N) is 7. The van der Waals surface area contributed by atoms with Gasteiger partial charge in [-0.3, -0.25) is 4.79 Å². The van der Waals surface area contributed by atoms with E-state index in [4.69, 9.17) is 5.73 Å². The van der Waals surface area contributed by atoms with Gasteiger partial charge in [-0.15, -0.1) is 5.10 Å². The normalized spacial score (nSPS) is 14.2. The van der Waals surface area contributed by atoms with Crippen molar-refractivity contribution >= 4 is 23.1 Å². The van der Waals surface area contributed by atoms with Crippen molar-refractivity contribution in [3.8, 4) is 5.82 Å². The van der Waals surface area contributed by atoms with Crippen LogP contribution < -0.4 is 16.1 Å². The van der Waals surface area contributed by atoms with Crippen LogP contribution in [0, 0.1) is 12.7 Å². The molecule has 0 radical (unpaired) electrons. The van der Waals surface area contributed by atoms with Gasteiger partial charge in [0.25, 0.3) is 5.91 Å². The third kappa shape index (κ3) is 4.65. The van der Waals surface area contributed by atoms with Gasteiger partial charge in [-0.05, 0) is 72.9 Å². The van der Waals surface area contributed by atoms with Crippen molar-refractivity contribution in [3.05, 3.63) is 76.9 Å². The van der Waals surface area contributed by atoms with Crippen LogP contribution in [-0.4, -0.2) is 50.0 Å². The minimum absolute atomic E-state index is 0.0135. The van der Waals surface area contributed by atoms with E-state index in [-0.39, 0.29) is 23.1 Å². The minimum Gasteiger partial charge on any atom is -0.378 e. The third-order valence-corrected chi connectivity index (χ3v) is 6.05. The Morgan fingerprint density at radius 2 is 1.69 bits per heavy atom. The van der Waals surface area contributed by atoms with Gasteiger partial charge in [0.2, 0.25) is 11.6 Å². The Hall–Kier alpha value is -4.61. The molecule has 0 saturated carbocycles. The maximum absolute atomic E-state index is 13.6. The summed E-state index contributed by atoms with van der Waals surface area (Å²) in [6, 6.07) is 13.9. The molecule has 3 N–H and O–H groups in total. The minimum atomic E-state index is -0.585. The van der Waals surface area contributed by atoms with Crippen molar-refractivity contribution in [1.82, 2.24) is 30.7 Å². The van der Waals surface area contributed by atoms with Crippen molar-refractivity contribution in [2.75, 3.05) is 23.7 Å². The Labute approximate surface area is 205 Å². The Morgan fingerprint density at radius 3 is 2.33 bits per heavy atom. The van der Waals surface area contributed by atoms with Crippen LogP contribution >= 0.6 is 0 Å². The molecular formula is C24H24FN9O2. The SMILES string of the molecule is Cc1c(C(=O)NN=C(c2ccc(F)cc2)c2ccc(N3CCCCC3)cc2)nnn1-c1nonc1N. The zero-order chi connectivity index (χ0) is 25.1. The number of piperidine rings is 1. The number of nitrogen functional groups attached to an aromatic ring is 1. The van der Waals surface area contributed by atoms with Crippen molar-refractivity contribution in [2.45, 2.75) is 26.2 Å². The number of halogens is 1. The summed E-state index contributed by atoms with van der Waals surface area (Å²) in [5.41, 5.74) is 11.7. The largest absolute Gasteiger partial charge is 0.378 e. The highest BCUT2D eigenvalue weighted by atomic mass is 19.1. The summed E-state index contributed by atoms with van der Waals surface area (Å²) in [5.74, 6) is -0.808. The molecule has 1 aliphatic rings. The number of carbonyl (C=O) groups is 1. The maximum Gasteiger partial charge on any atom is 0.293 e. The summed E-state index contributed by atoms with van der Waals surface area (Å²) in [4.78, 5) is 15.3. The van der Waals surface area contributed by atoms with Gasteiger partial charge < -0.3 is 10.6 Å². The van der Waals surface area contributed by atoms with E-state index >= 15 is 0 Å². The number of amides is 1. The smallest absolute Gasteiger partial charge is 0.293 e. The molecule has 12 heteroatoms. The predicted molar refractivity (Wildman–Crippen MR) is 130 cm³/mol. The van der Waals surface area contributed by atoms with Crippen molar-refractivity contribution in [1.29, 1.82) is 0 Å². The molecule has 36 heavy (non-hydrogen) atoms. The lowest BCUT2D eigenvalue weighted by atomic mass is 10.0. The van der Waals surface area contributed by atoms with E-state index in [0.717, 1.165) is 24.3 Å². The van der Waals surface area contributed by atoms with E-state index in [0.29, 0.717) is 17.0 Å². The number of hydrogen-bond acceptors (Lipinski definition) is 9. The number of hydrazone groups is 1. The molecule has 0 aliphatic carbocycles. The molecule has 3 heterocycles. The van der Waals surface area contributed by atoms with Gasteiger partial charge in [0.05, 0.1) is 11.4 Å². The van der Waals surface area contributed by atoms with E-state index in [9.17, 15) is 9.18 Å². The molecular weight excluding hydrogens is 465 g/mol. The van der Waals surface area contributed by atoms with Crippen LogP contribution in [0.25, 0.3) is 5.82 Å². The average molecular weight is 490 g/mol. The fourth-order valence-corrected chi connectivity index (χ4v) is 4.12. The number of anilines is 2. The second kappa shape index (κ2) is 9.94. The first-order valence-corrected chi connectivity index (χ1v) is 11.5. The van der Waals surface area contributed by atoms with Gasteiger partial charge in [0, 0.05) is 29.9 Å². The van der Waals surface area contributed by atoms with Gasteiger partial charge in [-0.1, -0.05) is 17.3 Å². The summed E-state index contributed by atoms with van der Waals surface area (Å²) in [5, 5.41) is 19.4. The van der Waals surface area contributed by atoms with Crippen LogP contribution in [-0.2, 0) is 0 Å². The second-order valence-corrected chi connectivity index (χ2v) is 8.41. The molecule has 0 unspecified atom stereocenters. The molecule has 0 atom stereocenters. The number of carbonyl (C=O) groups excluding carboxylic acids is 1. The number of rotatable bonds is 6. The average Bonchev–Trinajstić information content (AvgIpc) is 3.50. The molecule has 2 aromatic heterocycles. The lowest BCUT2D eigenvalue weighted by Crippen LogP contribution is -2.29. The first kappa shape index (κ1) is 23.1. The molecule has 1 fully saturated rings. The quantitative estimate of drug-likeness (QED) is 0.311. The fourth-order valence-electron chi connectivity index (χ4n) is 4.12. The van der Waals surface area contributed by atoms with Crippen molar-refractivity contribution < 1.29 is 13.8 Å². The highest BCUT2D eigenvalue weighted by Gasteiger charge is 2.21. The topological polar surface area (TPSA) is 140 Å². The van der Waals surface area contributed by atoms with Crippen LogP contribution in [0.1, 0.15) is 46.6 Å². The third-order valence-electron chi connectivity index (χ3n) is 6.05.